The first-order chi connectivity index (χ1) is 12.2. The number of amides is 1. The second-order valence-electron chi connectivity index (χ2n) is 6.38. The Labute approximate surface area is 154 Å². The van der Waals surface area contributed by atoms with E-state index in [2.05, 4.69) is 39.5 Å². The summed E-state index contributed by atoms with van der Waals surface area (Å²) in [6, 6.07) is 14.4. The Morgan fingerprint density at radius 3 is 2.60 bits per heavy atom. The van der Waals surface area contributed by atoms with Crippen molar-refractivity contribution in [2.45, 2.75) is 37.3 Å². The highest BCUT2D eigenvalue weighted by Crippen LogP contribution is 2.19. The first-order valence-corrected chi connectivity index (χ1v) is 9.90. The third-order valence-electron chi connectivity index (χ3n) is 4.42. The fourth-order valence-corrected chi connectivity index (χ4v) is 3.73. The molecule has 0 saturated carbocycles. The molecular weight excluding hydrogens is 330 g/mol. The maximum absolute atomic E-state index is 12.3. The molecule has 1 aliphatic rings. The zero-order chi connectivity index (χ0) is 17.5. The predicted octanol–water partition coefficient (Wildman–Crippen LogP) is 3.62. The fourth-order valence-electron chi connectivity index (χ4n) is 2.86. The van der Waals surface area contributed by atoms with Crippen LogP contribution >= 0.6 is 11.8 Å². The molecule has 3 rings (SSSR count). The van der Waals surface area contributed by atoms with Crippen molar-refractivity contribution in [1.29, 1.82) is 0 Å². The molecule has 132 valence electrons. The van der Waals surface area contributed by atoms with Crippen molar-refractivity contribution in [3.8, 4) is 0 Å². The Kier molecular flexibility index (Phi) is 6.34. The van der Waals surface area contributed by atoms with E-state index in [4.69, 9.17) is 0 Å². The molecule has 4 nitrogen and oxygen atoms in total. The van der Waals surface area contributed by atoms with E-state index in [1.165, 1.54) is 18.4 Å². The molecular formula is C20H25N3OS. The van der Waals surface area contributed by atoms with Gasteiger partial charge in [-0.15, -0.1) is 11.8 Å². The molecule has 0 aliphatic carbocycles. The van der Waals surface area contributed by atoms with Crippen LogP contribution in [-0.2, 0) is 17.1 Å². The number of pyridine rings is 1. The number of thioether (sulfide) groups is 1. The quantitative estimate of drug-likeness (QED) is 0.824. The van der Waals surface area contributed by atoms with Gasteiger partial charge < -0.3 is 10.2 Å². The highest BCUT2D eigenvalue weighted by atomic mass is 32.2. The largest absolute Gasteiger partial charge is 0.357 e. The minimum Gasteiger partial charge on any atom is -0.357 e. The number of anilines is 1. The molecule has 1 amide bonds. The van der Waals surface area contributed by atoms with Gasteiger partial charge in [0.2, 0.25) is 5.91 Å². The molecule has 2 heterocycles. The standard InChI is InChI=1S/C20H25N3OS/c1-16(25-15-17-7-3-2-4-8-17)20(24)22-14-18-9-10-19(21-13-18)23-11-5-6-12-23/h2-4,7-10,13,16H,5-6,11-12,14-15H2,1H3,(H,22,24)/t16-/m1/s1. The molecule has 1 saturated heterocycles. The van der Waals surface area contributed by atoms with E-state index in [9.17, 15) is 4.79 Å². The highest BCUT2D eigenvalue weighted by Gasteiger charge is 2.14. The van der Waals surface area contributed by atoms with E-state index in [0.717, 1.165) is 30.2 Å². The second kappa shape index (κ2) is 8.90. The maximum Gasteiger partial charge on any atom is 0.233 e. The van der Waals surface area contributed by atoms with Crippen molar-refractivity contribution < 1.29 is 4.79 Å². The normalized spacial score (nSPS) is 15.2. The van der Waals surface area contributed by atoms with Crippen molar-refractivity contribution >= 4 is 23.5 Å². The summed E-state index contributed by atoms with van der Waals surface area (Å²) < 4.78 is 0. The molecule has 1 atom stereocenters. The molecule has 1 N–H and O–H groups in total. The summed E-state index contributed by atoms with van der Waals surface area (Å²) in [6.07, 6.45) is 4.37. The number of hydrogen-bond donors (Lipinski definition) is 1. The molecule has 1 aliphatic heterocycles. The summed E-state index contributed by atoms with van der Waals surface area (Å²) in [6.45, 7) is 4.68. The monoisotopic (exact) mass is 355 g/mol. The first kappa shape index (κ1) is 17.8. The molecule has 0 bridgehead atoms. The van der Waals surface area contributed by atoms with Gasteiger partial charge in [0.15, 0.2) is 0 Å². The molecule has 2 aromatic rings. The van der Waals surface area contributed by atoms with Gasteiger partial charge in [-0.05, 0) is 37.0 Å². The lowest BCUT2D eigenvalue weighted by atomic mass is 10.2. The van der Waals surface area contributed by atoms with Crippen LogP contribution in [0.15, 0.2) is 48.7 Å². The number of nitrogens with one attached hydrogen (secondary N) is 1. The third kappa shape index (κ3) is 5.23. The number of nitrogens with zero attached hydrogens (tertiary/aromatic N) is 2. The van der Waals surface area contributed by atoms with E-state index < -0.39 is 0 Å². The van der Waals surface area contributed by atoms with E-state index in [1.807, 2.05) is 31.3 Å². The van der Waals surface area contributed by atoms with Crippen molar-refractivity contribution in [2.75, 3.05) is 18.0 Å². The number of hydrogen-bond acceptors (Lipinski definition) is 4. The van der Waals surface area contributed by atoms with Crippen LogP contribution in [-0.4, -0.2) is 29.2 Å². The Morgan fingerprint density at radius 2 is 1.92 bits per heavy atom. The second-order valence-corrected chi connectivity index (χ2v) is 7.70. The topological polar surface area (TPSA) is 45.2 Å². The summed E-state index contributed by atoms with van der Waals surface area (Å²) in [5.41, 5.74) is 2.28. The van der Waals surface area contributed by atoms with Gasteiger partial charge in [-0.25, -0.2) is 4.98 Å². The summed E-state index contributed by atoms with van der Waals surface area (Å²) in [5.74, 6) is 1.96. The molecule has 1 aromatic carbocycles. The van der Waals surface area contributed by atoms with Crippen LogP contribution in [0.3, 0.4) is 0 Å². The van der Waals surface area contributed by atoms with Gasteiger partial charge in [0.05, 0.1) is 5.25 Å². The van der Waals surface area contributed by atoms with Crippen LogP contribution in [0.4, 0.5) is 5.82 Å². The average molecular weight is 356 g/mol. The SMILES string of the molecule is C[C@@H](SCc1ccccc1)C(=O)NCc1ccc(N2CCCC2)nc1. The minimum atomic E-state index is -0.0722. The average Bonchev–Trinajstić information content (AvgIpc) is 3.20. The van der Waals surface area contributed by atoms with E-state index in [-0.39, 0.29) is 11.2 Å². The van der Waals surface area contributed by atoms with Gasteiger partial charge in [0.25, 0.3) is 0 Å². The maximum atomic E-state index is 12.3. The van der Waals surface area contributed by atoms with Crippen LogP contribution in [0.25, 0.3) is 0 Å². The zero-order valence-corrected chi connectivity index (χ0v) is 15.5. The molecule has 0 radical (unpaired) electrons. The Bertz CT molecular complexity index is 669. The van der Waals surface area contributed by atoms with E-state index >= 15 is 0 Å². The lowest BCUT2D eigenvalue weighted by molar-refractivity contribution is -0.120. The van der Waals surface area contributed by atoms with Gasteiger partial charge in [-0.1, -0.05) is 36.4 Å². The van der Waals surface area contributed by atoms with Crippen LogP contribution < -0.4 is 10.2 Å². The summed E-state index contributed by atoms with van der Waals surface area (Å²) in [4.78, 5) is 19.1. The number of carbonyl (C=O) groups is 1. The van der Waals surface area contributed by atoms with Crippen molar-refractivity contribution in [1.82, 2.24) is 10.3 Å². The number of benzene rings is 1. The molecule has 1 fully saturated rings. The third-order valence-corrected chi connectivity index (χ3v) is 5.63. The molecule has 25 heavy (non-hydrogen) atoms. The highest BCUT2D eigenvalue weighted by molar-refractivity contribution is 7.99. The van der Waals surface area contributed by atoms with E-state index in [1.54, 1.807) is 11.8 Å². The number of rotatable bonds is 7. The summed E-state index contributed by atoms with van der Waals surface area (Å²) in [7, 11) is 0. The predicted molar refractivity (Wildman–Crippen MR) is 105 cm³/mol. The molecule has 0 spiro atoms. The van der Waals surface area contributed by atoms with Crippen LogP contribution in [0.5, 0.6) is 0 Å². The van der Waals surface area contributed by atoms with Crippen molar-refractivity contribution in [3.05, 3.63) is 59.8 Å². The lowest BCUT2D eigenvalue weighted by Crippen LogP contribution is -2.30. The first-order valence-electron chi connectivity index (χ1n) is 8.85. The van der Waals surface area contributed by atoms with Gasteiger partial charge in [-0.2, -0.15) is 0 Å². The smallest absolute Gasteiger partial charge is 0.233 e. The van der Waals surface area contributed by atoms with Gasteiger partial charge in [0.1, 0.15) is 5.82 Å². The molecule has 0 unspecified atom stereocenters. The van der Waals surface area contributed by atoms with Crippen LogP contribution in [0.1, 0.15) is 30.9 Å². The van der Waals surface area contributed by atoms with Gasteiger partial charge >= 0.3 is 0 Å². The van der Waals surface area contributed by atoms with Crippen molar-refractivity contribution in [3.63, 3.8) is 0 Å². The van der Waals surface area contributed by atoms with Crippen molar-refractivity contribution in [2.24, 2.45) is 0 Å². The Hall–Kier alpha value is -2.01. The Morgan fingerprint density at radius 1 is 1.16 bits per heavy atom. The number of aromatic nitrogens is 1. The van der Waals surface area contributed by atoms with Gasteiger partial charge in [-0.3, -0.25) is 4.79 Å². The Balaban J connectivity index is 1.43. The zero-order valence-electron chi connectivity index (χ0n) is 14.6. The van der Waals surface area contributed by atoms with Gasteiger partial charge in [0, 0.05) is 31.6 Å². The summed E-state index contributed by atoms with van der Waals surface area (Å²) >= 11 is 1.66. The van der Waals surface area contributed by atoms with Crippen LogP contribution in [0.2, 0.25) is 0 Å². The molecule has 1 aromatic heterocycles. The minimum absolute atomic E-state index is 0.0722. The lowest BCUT2D eigenvalue weighted by Gasteiger charge is -2.16. The van der Waals surface area contributed by atoms with Crippen LogP contribution in [0, 0.1) is 0 Å². The van der Waals surface area contributed by atoms with E-state index in [0.29, 0.717) is 6.54 Å². The summed E-state index contributed by atoms with van der Waals surface area (Å²) in [5, 5.41) is 2.94. The fraction of sp³-hybridized carbons (Fsp3) is 0.400. The molecule has 5 heteroatoms. The number of carbonyl (C=O) groups excluding carboxylic acids is 1.